The molecule has 1 unspecified atom stereocenters. The number of amides is 2. The Morgan fingerprint density at radius 2 is 2.12 bits per heavy atom. The normalized spacial score (nSPS) is 18.1. The van der Waals surface area contributed by atoms with Crippen molar-refractivity contribution in [2.24, 2.45) is 5.92 Å². The highest BCUT2D eigenvalue weighted by Gasteiger charge is 2.33. The molecule has 26 heavy (non-hydrogen) atoms. The summed E-state index contributed by atoms with van der Waals surface area (Å²) < 4.78 is 38.5. The van der Waals surface area contributed by atoms with Gasteiger partial charge in [-0.2, -0.15) is 13.2 Å². The number of alkyl halides is 3. The summed E-state index contributed by atoms with van der Waals surface area (Å²) in [6.45, 7) is 2.57. The number of rotatable bonds is 6. The molecular weight excluding hydrogens is 349 g/mol. The third-order valence-electron chi connectivity index (χ3n) is 4.54. The zero-order valence-corrected chi connectivity index (χ0v) is 14.6. The fourth-order valence-corrected chi connectivity index (χ4v) is 3.14. The molecule has 0 spiro atoms. The van der Waals surface area contributed by atoms with Crippen molar-refractivity contribution in [2.45, 2.75) is 32.5 Å². The summed E-state index contributed by atoms with van der Waals surface area (Å²) in [7, 11) is 0. The molecule has 1 aliphatic heterocycles. The summed E-state index contributed by atoms with van der Waals surface area (Å²) in [6.07, 6.45) is -3.84. The van der Waals surface area contributed by atoms with Crippen LogP contribution in [0.5, 0.6) is 0 Å². The van der Waals surface area contributed by atoms with Crippen LogP contribution in [-0.2, 0) is 22.3 Å². The fourth-order valence-electron chi connectivity index (χ4n) is 3.14. The SMILES string of the molecule is CCN(CCO)C(=O)C1CCC(=O)N(Cc2cccc(C(F)(F)F)c2)C1. The molecule has 2 rings (SSSR count). The Morgan fingerprint density at radius 3 is 2.73 bits per heavy atom. The lowest BCUT2D eigenvalue weighted by Crippen LogP contribution is -2.47. The van der Waals surface area contributed by atoms with Gasteiger partial charge in [-0.1, -0.05) is 12.1 Å². The van der Waals surface area contributed by atoms with Crippen molar-refractivity contribution in [1.82, 2.24) is 9.80 Å². The summed E-state index contributed by atoms with van der Waals surface area (Å²) in [6, 6.07) is 4.87. The maximum atomic E-state index is 12.8. The summed E-state index contributed by atoms with van der Waals surface area (Å²) >= 11 is 0. The van der Waals surface area contributed by atoms with Gasteiger partial charge in [-0.3, -0.25) is 9.59 Å². The standard InChI is InChI=1S/C18H23F3N2O3/c1-2-22(8-9-24)17(26)14-6-7-16(25)23(12-14)11-13-4-3-5-15(10-13)18(19,20)21/h3-5,10,14,24H,2,6-9,11-12H2,1H3. The smallest absolute Gasteiger partial charge is 0.395 e. The van der Waals surface area contributed by atoms with E-state index >= 15 is 0 Å². The van der Waals surface area contributed by atoms with Gasteiger partial charge in [0, 0.05) is 32.6 Å². The van der Waals surface area contributed by atoms with E-state index in [0.29, 0.717) is 18.5 Å². The predicted molar refractivity (Wildman–Crippen MR) is 88.9 cm³/mol. The molecule has 1 atom stereocenters. The second kappa shape index (κ2) is 8.53. The highest BCUT2D eigenvalue weighted by Crippen LogP contribution is 2.30. The van der Waals surface area contributed by atoms with Crippen LogP contribution in [0.15, 0.2) is 24.3 Å². The van der Waals surface area contributed by atoms with Gasteiger partial charge in [0.05, 0.1) is 18.1 Å². The number of carbonyl (C=O) groups excluding carboxylic acids is 2. The number of aliphatic hydroxyl groups excluding tert-OH is 1. The number of benzene rings is 1. The first kappa shape index (κ1) is 20.2. The number of carbonyl (C=O) groups is 2. The topological polar surface area (TPSA) is 60.9 Å². The molecule has 8 heteroatoms. The van der Waals surface area contributed by atoms with E-state index < -0.39 is 17.7 Å². The molecular formula is C18H23F3N2O3. The van der Waals surface area contributed by atoms with Crippen LogP contribution in [0.1, 0.15) is 30.9 Å². The molecule has 1 aromatic carbocycles. The molecule has 5 nitrogen and oxygen atoms in total. The molecule has 2 amide bonds. The molecule has 1 fully saturated rings. The number of piperidine rings is 1. The van der Waals surface area contributed by atoms with Crippen LogP contribution in [0.3, 0.4) is 0 Å². The first-order valence-electron chi connectivity index (χ1n) is 8.59. The van der Waals surface area contributed by atoms with Crippen LogP contribution in [-0.4, -0.2) is 53.0 Å². The molecule has 0 bridgehead atoms. The van der Waals surface area contributed by atoms with E-state index in [4.69, 9.17) is 5.11 Å². The highest BCUT2D eigenvalue weighted by molar-refractivity contribution is 5.83. The number of likely N-dealkylation sites (tertiary alicyclic amines) is 1. The predicted octanol–water partition coefficient (Wildman–Crippen LogP) is 2.28. The van der Waals surface area contributed by atoms with E-state index in [2.05, 4.69) is 0 Å². The van der Waals surface area contributed by atoms with Gasteiger partial charge >= 0.3 is 6.18 Å². The zero-order valence-electron chi connectivity index (χ0n) is 14.6. The van der Waals surface area contributed by atoms with Crippen molar-refractivity contribution in [1.29, 1.82) is 0 Å². The van der Waals surface area contributed by atoms with Crippen molar-refractivity contribution in [3.8, 4) is 0 Å². The Balaban J connectivity index is 2.09. The Labute approximate surface area is 150 Å². The third-order valence-corrected chi connectivity index (χ3v) is 4.54. The minimum absolute atomic E-state index is 0.0403. The van der Waals surface area contributed by atoms with Gasteiger partial charge in [0.25, 0.3) is 0 Å². The third kappa shape index (κ3) is 4.97. The first-order chi connectivity index (χ1) is 12.3. The Morgan fingerprint density at radius 1 is 1.38 bits per heavy atom. The van der Waals surface area contributed by atoms with Crippen LogP contribution in [0.4, 0.5) is 13.2 Å². The Kier molecular flexibility index (Phi) is 6.63. The fraction of sp³-hybridized carbons (Fsp3) is 0.556. The number of hydrogen-bond acceptors (Lipinski definition) is 3. The van der Waals surface area contributed by atoms with E-state index in [1.165, 1.54) is 21.9 Å². The van der Waals surface area contributed by atoms with Gasteiger partial charge in [-0.15, -0.1) is 0 Å². The lowest BCUT2D eigenvalue weighted by atomic mass is 9.95. The van der Waals surface area contributed by atoms with Crippen molar-refractivity contribution < 1.29 is 27.9 Å². The van der Waals surface area contributed by atoms with Gasteiger partial charge in [0.1, 0.15) is 0 Å². The maximum Gasteiger partial charge on any atom is 0.416 e. The molecule has 1 aromatic rings. The number of nitrogens with zero attached hydrogens (tertiary/aromatic N) is 2. The minimum Gasteiger partial charge on any atom is -0.395 e. The van der Waals surface area contributed by atoms with Crippen molar-refractivity contribution in [3.05, 3.63) is 35.4 Å². The largest absolute Gasteiger partial charge is 0.416 e. The lowest BCUT2D eigenvalue weighted by Gasteiger charge is -2.34. The van der Waals surface area contributed by atoms with E-state index in [1.807, 2.05) is 6.92 Å². The summed E-state index contributed by atoms with van der Waals surface area (Å²) in [5.41, 5.74) is -0.379. The minimum atomic E-state index is -4.44. The average Bonchev–Trinajstić information content (AvgIpc) is 2.60. The molecule has 1 saturated heterocycles. The maximum absolute atomic E-state index is 12.8. The van der Waals surface area contributed by atoms with E-state index in [0.717, 1.165) is 12.1 Å². The molecule has 0 saturated carbocycles. The molecule has 1 N–H and O–H groups in total. The van der Waals surface area contributed by atoms with Crippen LogP contribution in [0, 0.1) is 5.92 Å². The highest BCUT2D eigenvalue weighted by atomic mass is 19.4. The summed E-state index contributed by atoms with van der Waals surface area (Å²) in [5.74, 6) is -0.704. The first-order valence-corrected chi connectivity index (χ1v) is 8.59. The van der Waals surface area contributed by atoms with Gasteiger partial charge in [0.15, 0.2) is 0 Å². The second-order valence-electron chi connectivity index (χ2n) is 6.35. The molecule has 1 aliphatic rings. The molecule has 144 valence electrons. The van der Waals surface area contributed by atoms with E-state index in [1.54, 1.807) is 0 Å². The zero-order chi connectivity index (χ0) is 19.3. The summed E-state index contributed by atoms with van der Waals surface area (Å²) in [4.78, 5) is 27.7. The average molecular weight is 372 g/mol. The van der Waals surface area contributed by atoms with Crippen molar-refractivity contribution in [3.63, 3.8) is 0 Å². The molecule has 0 aliphatic carbocycles. The molecule has 1 heterocycles. The number of hydrogen-bond donors (Lipinski definition) is 1. The van der Waals surface area contributed by atoms with Gasteiger partial charge in [0.2, 0.25) is 11.8 Å². The Bertz CT molecular complexity index is 649. The lowest BCUT2D eigenvalue weighted by molar-refractivity contribution is -0.143. The summed E-state index contributed by atoms with van der Waals surface area (Å²) in [5, 5.41) is 9.05. The van der Waals surface area contributed by atoms with Gasteiger partial charge < -0.3 is 14.9 Å². The number of aliphatic hydroxyl groups is 1. The quantitative estimate of drug-likeness (QED) is 0.834. The van der Waals surface area contributed by atoms with Crippen LogP contribution in [0.2, 0.25) is 0 Å². The van der Waals surface area contributed by atoms with Gasteiger partial charge in [-0.25, -0.2) is 0 Å². The number of halogens is 3. The van der Waals surface area contributed by atoms with E-state index in [-0.39, 0.29) is 44.5 Å². The molecule has 0 radical (unpaired) electrons. The van der Waals surface area contributed by atoms with Crippen molar-refractivity contribution >= 4 is 11.8 Å². The van der Waals surface area contributed by atoms with Crippen LogP contribution < -0.4 is 0 Å². The number of likely N-dealkylation sites (N-methyl/N-ethyl adjacent to an activating group) is 1. The van der Waals surface area contributed by atoms with Gasteiger partial charge in [-0.05, 0) is 31.0 Å². The van der Waals surface area contributed by atoms with Crippen molar-refractivity contribution in [2.75, 3.05) is 26.2 Å². The molecule has 0 aromatic heterocycles. The monoisotopic (exact) mass is 372 g/mol. The van der Waals surface area contributed by atoms with Crippen LogP contribution >= 0.6 is 0 Å². The van der Waals surface area contributed by atoms with E-state index in [9.17, 15) is 22.8 Å². The second-order valence-corrected chi connectivity index (χ2v) is 6.35. The Hall–Kier alpha value is -2.09. The van der Waals surface area contributed by atoms with Crippen LogP contribution in [0.25, 0.3) is 0 Å².